The monoisotopic (exact) mass is 501 g/mol. The van der Waals surface area contributed by atoms with Crippen LogP contribution in [0.1, 0.15) is 41.6 Å². The molecule has 0 radical (unpaired) electrons. The van der Waals surface area contributed by atoms with E-state index < -0.39 is 5.91 Å². The molecule has 2 unspecified atom stereocenters. The predicted octanol–water partition coefficient (Wildman–Crippen LogP) is 4.73. The maximum Gasteiger partial charge on any atom is 0.254 e. The maximum atomic E-state index is 12.1. The SMILES string of the molecule is CSc1ccc(Cn2ccc3c(Nc4nc(NC5CCCCC5N)ncc4C(N)=O)cccc32)cc1. The highest BCUT2D eigenvalue weighted by Gasteiger charge is 2.23. The summed E-state index contributed by atoms with van der Waals surface area (Å²) in [7, 11) is 0. The number of nitrogens with zero attached hydrogens (tertiary/aromatic N) is 3. The van der Waals surface area contributed by atoms with Crippen molar-refractivity contribution in [1.29, 1.82) is 0 Å². The van der Waals surface area contributed by atoms with Crippen LogP contribution in [0.2, 0.25) is 0 Å². The fraction of sp³-hybridized carbons (Fsp3) is 0.296. The summed E-state index contributed by atoms with van der Waals surface area (Å²) in [5.74, 6) is 0.220. The number of benzene rings is 2. The van der Waals surface area contributed by atoms with Gasteiger partial charge in [0.1, 0.15) is 11.4 Å². The van der Waals surface area contributed by atoms with Crippen molar-refractivity contribution in [3.63, 3.8) is 0 Å². The summed E-state index contributed by atoms with van der Waals surface area (Å²) >= 11 is 1.74. The molecule has 1 aliphatic carbocycles. The number of rotatable bonds is 8. The number of nitrogens with two attached hydrogens (primary N) is 2. The van der Waals surface area contributed by atoms with Crippen molar-refractivity contribution in [1.82, 2.24) is 14.5 Å². The molecule has 6 N–H and O–H groups in total. The molecule has 2 aromatic carbocycles. The van der Waals surface area contributed by atoms with Crippen LogP contribution in [0.25, 0.3) is 10.9 Å². The van der Waals surface area contributed by atoms with Gasteiger partial charge in [-0.15, -0.1) is 11.8 Å². The maximum absolute atomic E-state index is 12.1. The fourth-order valence-electron chi connectivity index (χ4n) is 4.76. The van der Waals surface area contributed by atoms with Gasteiger partial charge in [-0.3, -0.25) is 4.79 Å². The summed E-state index contributed by atoms with van der Waals surface area (Å²) in [4.78, 5) is 22.3. The molecular formula is C27H31N7OS. The van der Waals surface area contributed by atoms with Gasteiger partial charge in [0.2, 0.25) is 5.95 Å². The van der Waals surface area contributed by atoms with Crippen molar-refractivity contribution < 1.29 is 4.79 Å². The Kier molecular flexibility index (Phi) is 7.11. The van der Waals surface area contributed by atoms with Crippen LogP contribution in [0.5, 0.6) is 0 Å². The minimum atomic E-state index is -0.586. The number of hydrogen-bond acceptors (Lipinski definition) is 7. The standard InChI is InChI=1S/C27H31N7OS/c1-36-18-11-9-17(10-12-18)16-34-14-13-19-22(7-4-8-24(19)34)31-26-20(25(29)35)15-30-27(33-26)32-23-6-3-2-5-21(23)28/h4,7-15,21,23H,2-3,5-6,16,28H2,1H3,(H2,29,35)(H2,30,31,32,33). The number of nitrogens with one attached hydrogen (secondary N) is 2. The number of thioether (sulfide) groups is 1. The summed E-state index contributed by atoms with van der Waals surface area (Å²) < 4.78 is 2.21. The quantitative estimate of drug-likeness (QED) is 0.257. The van der Waals surface area contributed by atoms with Gasteiger partial charge in [-0.05, 0) is 55.0 Å². The molecular weight excluding hydrogens is 470 g/mol. The van der Waals surface area contributed by atoms with Crippen LogP contribution in [0, 0.1) is 0 Å². The molecule has 186 valence electrons. The fourth-order valence-corrected chi connectivity index (χ4v) is 5.17. The topological polar surface area (TPSA) is 124 Å². The number of anilines is 3. The van der Waals surface area contributed by atoms with Gasteiger partial charge in [-0.25, -0.2) is 4.98 Å². The second-order valence-electron chi connectivity index (χ2n) is 9.17. The van der Waals surface area contributed by atoms with E-state index in [0.29, 0.717) is 11.8 Å². The van der Waals surface area contributed by atoms with Gasteiger partial charge in [-0.2, -0.15) is 4.98 Å². The van der Waals surface area contributed by atoms with Gasteiger partial charge in [0, 0.05) is 47.0 Å². The van der Waals surface area contributed by atoms with E-state index in [9.17, 15) is 4.79 Å². The summed E-state index contributed by atoms with van der Waals surface area (Å²) in [5, 5.41) is 7.72. The van der Waals surface area contributed by atoms with Gasteiger partial charge >= 0.3 is 0 Å². The van der Waals surface area contributed by atoms with Crippen molar-refractivity contribution in [3.8, 4) is 0 Å². The van der Waals surface area contributed by atoms with Crippen molar-refractivity contribution in [3.05, 3.63) is 72.1 Å². The van der Waals surface area contributed by atoms with Crippen LogP contribution >= 0.6 is 11.8 Å². The molecule has 0 bridgehead atoms. The molecule has 36 heavy (non-hydrogen) atoms. The first-order valence-corrected chi connectivity index (χ1v) is 13.4. The van der Waals surface area contributed by atoms with E-state index in [2.05, 4.69) is 74.0 Å². The molecule has 1 fully saturated rings. The average molecular weight is 502 g/mol. The number of aromatic nitrogens is 3. The first-order chi connectivity index (χ1) is 17.5. The Morgan fingerprint density at radius 3 is 2.69 bits per heavy atom. The molecule has 0 spiro atoms. The summed E-state index contributed by atoms with van der Waals surface area (Å²) in [6, 6.07) is 16.9. The highest BCUT2D eigenvalue weighted by atomic mass is 32.2. The summed E-state index contributed by atoms with van der Waals surface area (Å²) in [6.45, 7) is 0.761. The molecule has 0 aliphatic heterocycles. The molecule has 8 nitrogen and oxygen atoms in total. The Morgan fingerprint density at radius 1 is 1.14 bits per heavy atom. The molecule has 2 atom stereocenters. The lowest BCUT2D eigenvalue weighted by molar-refractivity contribution is 0.100. The van der Waals surface area contributed by atoms with E-state index in [-0.39, 0.29) is 17.6 Å². The van der Waals surface area contributed by atoms with Crippen LogP contribution in [-0.4, -0.2) is 38.8 Å². The molecule has 1 amide bonds. The second kappa shape index (κ2) is 10.6. The van der Waals surface area contributed by atoms with Crippen LogP contribution in [0.15, 0.2) is 65.8 Å². The molecule has 0 saturated heterocycles. The van der Waals surface area contributed by atoms with Crippen molar-refractivity contribution in [2.24, 2.45) is 11.5 Å². The van der Waals surface area contributed by atoms with Gasteiger partial charge in [0.05, 0.1) is 5.52 Å². The lowest BCUT2D eigenvalue weighted by Crippen LogP contribution is -2.43. The van der Waals surface area contributed by atoms with Gasteiger partial charge < -0.3 is 26.7 Å². The van der Waals surface area contributed by atoms with E-state index in [1.165, 1.54) is 16.7 Å². The largest absolute Gasteiger partial charge is 0.365 e. The smallest absolute Gasteiger partial charge is 0.254 e. The number of amides is 1. The van der Waals surface area contributed by atoms with E-state index in [0.717, 1.165) is 48.8 Å². The van der Waals surface area contributed by atoms with E-state index >= 15 is 0 Å². The van der Waals surface area contributed by atoms with Crippen LogP contribution in [0.4, 0.5) is 17.5 Å². The highest BCUT2D eigenvalue weighted by Crippen LogP contribution is 2.29. The van der Waals surface area contributed by atoms with Crippen molar-refractivity contribution in [2.45, 2.75) is 49.2 Å². The number of carbonyl (C=O) groups excluding carboxylic acids is 1. The minimum Gasteiger partial charge on any atom is -0.365 e. The van der Waals surface area contributed by atoms with Crippen LogP contribution in [-0.2, 0) is 6.54 Å². The second-order valence-corrected chi connectivity index (χ2v) is 10.1. The van der Waals surface area contributed by atoms with Gasteiger partial charge in [0.25, 0.3) is 5.91 Å². The molecule has 2 heterocycles. The Bertz CT molecular complexity index is 1370. The average Bonchev–Trinajstić information content (AvgIpc) is 3.29. The van der Waals surface area contributed by atoms with Crippen molar-refractivity contribution in [2.75, 3.05) is 16.9 Å². The Hall–Kier alpha value is -3.56. The zero-order valence-electron chi connectivity index (χ0n) is 20.3. The minimum absolute atomic E-state index is 0.0556. The molecule has 5 rings (SSSR count). The summed E-state index contributed by atoms with van der Waals surface area (Å²) in [5.41, 5.74) is 15.3. The first-order valence-electron chi connectivity index (χ1n) is 12.2. The predicted molar refractivity (Wildman–Crippen MR) is 147 cm³/mol. The Labute approximate surface area is 214 Å². The molecule has 1 aliphatic rings. The third-order valence-electron chi connectivity index (χ3n) is 6.77. The third kappa shape index (κ3) is 5.17. The van der Waals surface area contributed by atoms with E-state index in [4.69, 9.17) is 11.5 Å². The van der Waals surface area contributed by atoms with Crippen LogP contribution < -0.4 is 22.1 Å². The van der Waals surface area contributed by atoms with E-state index in [1.807, 2.05) is 12.1 Å². The number of primary amides is 1. The number of carbonyl (C=O) groups is 1. The normalized spacial score (nSPS) is 17.7. The molecule has 9 heteroatoms. The summed E-state index contributed by atoms with van der Waals surface area (Å²) in [6.07, 6.45) is 9.83. The first kappa shape index (κ1) is 24.1. The van der Waals surface area contributed by atoms with E-state index in [1.54, 1.807) is 11.8 Å². The van der Waals surface area contributed by atoms with Crippen LogP contribution in [0.3, 0.4) is 0 Å². The molecule has 1 saturated carbocycles. The molecule has 2 aromatic heterocycles. The number of hydrogen-bond donors (Lipinski definition) is 4. The lowest BCUT2D eigenvalue weighted by atomic mass is 9.91. The van der Waals surface area contributed by atoms with Gasteiger partial charge in [0.15, 0.2) is 0 Å². The highest BCUT2D eigenvalue weighted by molar-refractivity contribution is 7.98. The van der Waals surface area contributed by atoms with Crippen molar-refractivity contribution >= 4 is 46.0 Å². The molecule has 4 aromatic rings. The van der Waals surface area contributed by atoms with Gasteiger partial charge in [-0.1, -0.05) is 31.0 Å². The Balaban J connectivity index is 1.42. The zero-order valence-corrected chi connectivity index (χ0v) is 21.1. The Morgan fingerprint density at radius 2 is 1.94 bits per heavy atom. The zero-order chi connectivity index (χ0) is 25.1. The third-order valence-corrected chi connectivity index (χ3v) is 7.51. The lowest BCUT2D eigenvalue weighted by Gasteiger charge is -2.29. The number of fused-ring (bicyclic) bond motifs is 1.